The number of aromatic nitrogens is 2. The third-order valence-corrected chi connectivity index (χ3v) is 5.31. The summed E-state index contributed by atoms with van der Waals surface area (Å²) < 4.78 is 0. The van der Waals surface area contributed by atoms with Crippen LogP contribution in [0.5, 0.6) is 5.88 Å². The third kappa shape index (κ3) is 6.04. The van der Waals surface area contributed by atoms with Crippen molar-refractivity contribution in [2.24, 2.45) is 5.92 Å². The second kappa shape index (κ2) is 9.91. The zero-order valence-corrected chi connectivity index (χ0v) is 17.5. The Hall–Kier alpha value is -3.94. The van der Waals surface area contributed by atoms with Gasteiger partial charge in [0.1, 0.15) is 6.04 Å². The van der Waals surface area contributed by atoms with E-state index in [1.165, 1.54) is 25.1 Å². The van der Waals surface area contributed by atoms with Crippen molar-refractivity contribution in [3.63, 3.8) is 0 Å². The maximum absolute atomic E-state index is 12.8. The maximum atomic E-state index is 12.8. The highest BCUT2D eigenvalue weighted by Gasteiger charge is 2.27. The Bertz CT molecular complexity index is 1050. The van der Waals surface area contributed by atoms with Gasteiger partial charge < -0.3 is 21.1 Å². The van der Waals surface area contributed by atoms with E-state index in [0.717, 1.165) is 17.8 Å². The van der Waals surface area contributed by atoms with Gasteiger partial charge in [-0.2, -0.15) is 0 Å². The molecular weight excluding hydrogens is 406 g/mol. The number of carbonyl (C=O) groups excluding carboxylic acids is 2. The molecule has 4 N–H and O–H groups in total. The molecule has 1 fully saturated rings. The zero-order chi connectivity index (χ0) is 22.3. The van der Waals surface area contributed by atoms with Crippen LogP contribution >= 0.6 is 0 Å². The van der Waals surface area contributed by atoms with Crippen molar-refractivity contribution in [1.29, 1.82) is 0 Å². The molecule has 4 rings (SSSR count). The molecule has 3 aromatic rings. The van der Waals surface area contributed by atoms with Gasteiger partial charge in [-0.15, -0.1) is 0 Å². The lowest BCUT2D eigenvalue weighted by Gasteiger charge is -2.18. The zero-order valence-electron chi connectivity index (χ0n) is 17.5. The van der Waals surface area contributed by atoms with E-state index in [2.05, 4.69) is 25.9 Å². The average molecular weight is 431 g/mol. The standard InChI is InChI=1S/C24H25N5O3/c30-22-10-8-20(15-26-22)28-24(32)21(9-3-16-1-2-16)29-23(31)17-4-6-18(7-5-17)27-19-11-13-25-14-12-19/h4-8,10-16,21H,1-3,9H2,(H,25,27)(H,26,30)(H,28,32)(H,29,31). The van der Waals surface area contributed by atoms with Crippen LogP contribution in [0.15, 0.2) is 67.1 Å². The summed E-state index contributed by atoms with van der Waals surface area (Å²) in [6, 6.07) is 13.1. The summed E-state index contributed by atoms with van der Waals surface area (Å²) in [7, 11) is 0. The molecule has 0 bridgehead atoms. The molecule has 164 valence electrons. The Labute approximate surface area is 186 Å². The van der Waals surface area contributed by atoms with E-state index < -0.39 is 6.04 Å². The highest BCUT2D eigenvalue weighted by molar-refractivity contribution is 6.01. The van der Waals surface area contributed by atoms with E-state index in [4.69, 9.17) is 0 Å². The van der Waals surface area contributed by atoms with Crippen LogP contribution < -0.4 is 16.0 Å². The van der Waals surface area contributed by atoms with Crippen LogP contribution in [0.1, 0.15) is 36.0 Å². The predicted octanol–water partition coefficient (Wildman–Crippen LogP) is 3.85. The summed E-state index contributed by atoms with van der Waals surface area (Å²) >= 11 is 0. The average Bonchev–Trinajstić information content (AvgIpc) is 3.64. The van der Waals surface area contributed by atoms with Gasteiger partial charge in [0, 0.05) is 35.4 Å². The minimum Gasteiger partial charge on any atom is -0.493 e. The van der Waals surface area contributed by atoms with Crippen molar-refractivity contribution in [1.82, 2.24) is 15.3 Å². The van der Waals surface area contributed by atoms with Crippen molar-refractivity contribution in [2.75, 3.05) is 10.6 Å². The van der Waals surface area contributed by atoms with Gasteiger partial charge in [0.25, 0.3) is 5.91 Å². The number of hydrogen-bond acceptors (Lipinski definition) is 6. The van der Waals surface area contributed by atoms with Crippen molar-refractivity contribution >= 4 is 28.9 Å². The summed E-state index contributed by atoms with van der Waals surface area (Å²) in [6.45, 7) is 0. The van der Waals surface area contributed by atoms with E-state index >= 15 is 0 Å². The first-order valence-corrected chi connectivity index (χ1v) is 10.6. The number of anilines is 3. The SMILES string of the molecule is O=C(NC(CCC1CC1)C(=O)Nc1ccc(O)nc1)c1ccc(Nc2ccncc2)cc1. The number of nitrogens with zero attached hydrogens (tertiary/aromatic N) is 2. The number of nitrogens with one attached hydrogen (secondary N) is 3. The monoisotopic (exact) mass is 431 g/mol. The first-order valence-electron chi connectivity index (χ1n) is 10.6. The molecule has 0 spiro atoms. The Balaban J connectivity index is 1.39. The molecule has 1 saturated carbocycles. The van der Waals surface area contributed by atoms with Crippen LogP contribution in [0.4, 0.5) is 17.1 Å². The molecule has 0 aliphatic heterocycles. The molecule has 32 heavy (non-hydrogen) atoms. The molecule has 0 radical (unpaired) electrons. The number of aromatic hydroxyl groups is 1. The normalized spacial score (nSPS) is 13.8. The minimum absolute atomic E-state index is 0.122. The van der Waals surface area contributed by atoms with Crippen LogP contribution in [-0.4, -0.2) is 32.9 Å². The van der Waals surface area contributed by atoms with E-state index in [1.54, 1.807) is 30.6 Å². The number of carbonyl (C=O) groups is 2. The second-order valence-electron chi connectivity index (χ2n) is 7.88. The number of hydrogen-bond donors (Lipinski definition) is 4. The lowest BCUT2D eigenvalue weighted by Crippen LogP contribution is -2.43. The van der Waals surface area contributed by atoms with Crippen LogP contribution in [0.2, 0.25) is 0 Å². The fourth-order valence-electron chi connectivity index (χ4n) is 3.32. The Morgan fingerprint density at radius 3 is 2.31 bits per heavy atom. The van der Waals surface area contributed by atoms with Crippen LogP contribution in [0, 0.1) is 5.92 Å². The summed E-state index contributed by atoms with van der Waals surface area (Å²) in [4.78, 5) is 33.4. The number of pyridine rings is 2. The summed E-state index contributed by atoms with van der Waals surface area (Å²) in [5, 5.41) is 18.2. The summed E-state index contributed by atoms with van der Waals surface area (Å²) in [6.07, 6.45) is 8.58. The first kappa shape index (κ1) is 21.3. The van der Waals surface area contributed by atoms with Gasteiger partial charge in [-0.3, -0.25) is 14.6 Å². The van der Waals surface area contributed by atoms with Crippen LogP contribution in [0.25, 0.3) is 0 Å². The number of amides is 2. The molecule has 1 atom stereocenters. The van der Waals surface area contributed by atoms with E-state index in [9.17, 15) is 14.7 Å². The Morgan fingerprint density at radius 2 is 1.66 bits per heavy atom. The smallest absolute Gasteiger partial charge is 0.251 e. The fourth-order valence-corrected chi connectivity index (χ4v) is 3.32. The first-order chi connectivity index (χ1) is 15.6. The van der Waals surface area contributed by atoms with Crippen molar-refractivity contribution in [3.05, 3.63) is 72.7 Å². The topological polar surface area (TPSA) is 116 Å². The lowest BCUT2D eigenvalue weighted by atomic mass is 10.1. The van der Waals surface area contributed by atoms with E-state index in [-0.39, 0.29) is 17.7 Å². The molecule has 2 amide bonds. The molecule has 1 aliphatic rings. The van der Waals surface area contributed by atoms with Crippen molar-refractivity contribution < 1.29 is 14.7 Å². The summed E-state index contributed by atoms with van der Waals surface area (Å²) in [5.74, 6) is -0.0951. The highest BCUT2D eigenvalue weighted by atomic mass is 16.3. The van der Waals surface area contributed by atoms with Gasteiger partial charge in [0.05, 0.1) is 11.9 Å². The largest absolute Gasteiger partial charge is 0.493 e. The van der Waals surface area contributed by atoms with Crippen molar-refractivity contribution in [2.45, 2.75) is 31.7 Å². The lowest BCUT2D eigenvalue weighted by molar-refractivity contribution is -0.118. The molecule has 1 aromatic carbocycles. The maximum Gasteiger partial charge on any atom is 0.251 e. The summed E-state index contributed by atoms with van der Waals surface area (Å²) in [5.41, 5.74) is 2.68. The molecule has 2 heterocycles. The number of benzene rings is 1. The molecule has 0 saturated heterocycles. The van der Waals surface area contributed by atoms with Gasteiger partial charge in [0.15, 0.2) is 0 Å². The van der Waals surface area contributed by atoms with Gasteiger partial charge >= 0.3 is 0 Å². The predicted molar refractivity (Wildman–Crippen MR) is 122 cm³/mol. The Morgan fingerprint density at radius 1 is 0.969 bits per heavy atom. The third-order valence-electron chi connectivity index (χ3n) is 5.31. The van der Waals surface area contributed by atoms with Crippen LogP contribution in [-0.2, 0) is 4.79 Å². The second-order valence-corrected chi connectivity index (χ2v) is 7.88. The van der Waals surface area contributed by atoms with E-state index in [0.29, 0.717) is 23.6 Å². The van der Waals surface area contributed by atoms with Gasteiger partial charge in [0.2, 0.25) is 11.8 Å². The molecule has 8 heteroatoms. The Kier molecular flexibility index (Phi) is 6.60. The quantitative estimate of drug-likeness (QED) is 0.409. The van der Waals surface area contributed by atoms with Gasteiger partial charge in [-0.05, 0) is 61.2 Å². The molecule has 2 aromatic heterocycles. The van der Waals surface area contributed by atoms with Gasteiger partial charge in [-0.25, -0.2) is 4.98 Å². The highest BCUT2D eigenvalue weighted by Crippen LogP contribution is 2.34. The number of rotatable bonds is 9. The van der Waals surface area contributed by atoms with E-state index in [1.807, 2.05) is 24.3 Å². The van der Waals surface area contributed by atoms with Gasteiger partial charge in [-0.1, -0.05) is 12.8 Å². The molecular formula is C24H25N5O3. The minimum atomic E-state index is -0.661. The molecule has 1 aliphatic carbocycles. The molecule has 8 nitrogen and oxygen atoms in total. The van der Waals surface area contributed by atoms with Crippen molar-refractivity contribution in [3.8, 4) is 5.88 Å². The molecule has 1 unspecified atom stereocenters. The van der Waals surface area contributed by atoms with Crippen LogP contribution in [0.3, 0.4) is 0 Å². The fraction of sp³-hybridized carbons (Fsp3) is 0.250.